The van der Waals surface area contributed by atoms with Crippen molar-refractivity contribution in [1.82, 2.24) is 4.98 Å². The minimum atomic E-state index is -0.972. The SMILES string of the molecule is Cc1cccc(Nc2nc(C)cc(C)c2C(=O)O)c1. The summed E-state index contributed by atoms with van der Waals surface area (Å²) in [6.07, 6.45) is 0. The van der Waals surface area contributed by atoms with Gasteiger partial charge in [0.25, 0.3) is 0 Å². The molecule has 98 valence electrons. The minimum absolute atomic E-state index is 0.215. The van der Waals surface area contributed by atoms with Gasteiger partial charge in [0.2, 0.25) is 0 Å². The molecule has 0 bridgehead atoms. The Bertz CT molecular complexity index is 636. The van der Waals surface area contributed by atoms with E-state index in [4.69, 9.17) is 0 Å². The number of anilines is 2. The molecule has 0 aliphatic carbocycles. The molecule has 0 spiro atoms. The van der Waals surface area contributed by atoms with Crippen LogP contribution in [0.5, 0.6) is 0 Å². The highest BCUT2D eigenvalue weighted by atomic mass is 16.4. The van der Waals surface area contributed by atoms with Gasteiger partial charge in [-0.05, 0) is 50.1 Å². The van der Waals surface area contributed by atoms with E-state index in [-0.39, 0.29) is 5.56 Å². The third kappa shape index (κ3) is 2.91. The molecule has 2 rings (SSSR count). The molecule has 0 amide bonds. The van der Waals surface area contributed by atoms with Crippen LogP contribution in [0.15, 0.2) is 30.3 Å². The van der Waals surface area contributed by atoms with Gasteiger partial charge in [0, 0.05) is 11.4 Å². The Balaban J connectivity index is 2.47. The summed E-state index contributed by atoms with van der Waals surface area (Å²) in [6, 6.07) is 9.51. The highest BCUT2D eigenvalue weighted by Gasteiger charge is 2.15. The van der Waals surface area contributed by atoms with Crippen molar-refractivity contribution in [2.75, 3.05) is 5.32 Å². The number of hydrogen-bond acceptors (Lipinski definition) is 3. The van der Waals surface area contributed by atoms with E-state index in [1.54, 1.807) is 13.0 Å². The molecule has 0 fully saturated rings. The molecule has 4 nitrogen and oxygen atoms in total. The van der Waals surface area contributed by atoms with Crippen LogP contribution in [0.4, 0.5) is 11.5 Å². The Morgan fingerprint density at radius 1 is 1.21 bits per heavy atom. The van der Waals surface area contributed by atoms with Crippen molar-refractivity contribution in [3.8, 4) is 0 Å². The molecule has 2 N–H and O–H groups in total. The van der Waals surface area contributed by atoms with E-state index in [0.29, 0.717) is 11.4 Å². The molecule has 2 aromatic rings. The molecule has 1 aromatic heterocycles. The summed E-state index contributed by atoms with van der Waals surface area (Å²) in [7, 11) is 0. The number of pyridine rings is 1. The molecule has 0 atom stereocenters. The Morgan fingerprint density at radius 3 is 2.58 bits per heavy atom. The second kappa shape index (κ2) is 5.10. The number of aryl methyl sites for hydroxylation is 3. The van der Waals surface area contributed by atoms with Gasteiger partial charge in [-0.25, -0.2) is 9.78 Å². The van der Waals surface area contributed by atoms with Crippen molar-refractivity contribution in [3.05, 3.63) is 52.7 Å². The van der Waals surface area contributed by atoms with E-state index in [1.165, 1.54) is 0 Å². The molecule has 1 heterocycles. The zero-order chi connectivity index (χ0) is 14.0. The van der Waals surface area contributed by atoms with E-state index in [9.17, 15) is 9.90 Å². The van der Waals surface area contributed by atoms with Crippen molar-refractivity contribution in [1.29, 1.82) is 0 Å². The first-order valence-corrected chi connectivity index (χ1v) is 6.02. The predicted octanol–water partition coefficient (Wildman–Crippen LogP) is 3.45. The molecule has 0 aliphatic rings. The van der Waals surface area contributed by atoms with Crippen LogP contribution in [0.2, 0.25) is 0 Å². The Morgan fingerprint density at radius 2 is 1.95 bits per heavy atom. The fraction of sp³-hybridized carbons (Fsp3) is 0.200. The molecular weight excluding hydrogens is 240 g/mol. The van der Waals surface area contributed by atoms with E-state index in [2.05, 4.69) is 10.3 Å². The third-order valence-corrected chi connectivity index (χ3v) is 2.84. The van der Waals surface area contributed by atoms with E-state index >= 15 is 0 Å². The van der Waals surface area contributed by atoms with E-state index < -0.39 is 5.97 Å². The Labute approximate surface area is 112 Å². The van der Waals surface area contributed by atoms with Crippen LogP contribution in [-0.2, 0) is 0 Å². The van der Waals surface area contributed by atoms with E-state index in [0.717, 1.165) is 16.9 Å². The molecular formula is C15H16N2O2. The molecule has 0 radical (unpaired) electrons. The van der Waals surface area contributed by atoms with Gasteiger partial charge in [0.15, 0.2) is 0 Å². The van der Waals surface area contributed by atoms with E-state index in [1.807, 2.05) is 38.1 Å². The molecule has 0 unspecified atom stereocenters. The Hall–Kier alpha value is -2.36. The zero-order valence-electron chi connectivity index (χ0n) is 11.2. The van der Waals surface area contributed by atoms with Crippen LogP contribution in [0.25, 0.3) is 0 Å². The first-order chi connectivity index (χ1) is 8.97. The summed E-state index contributed by atoms with van der Waals surface area (Å²) in [5.74, 6) is -0.587. The fourth-order valence-corrected chi connectivity index (χ4v) is 2.06. The number of nitrogens with zero attached hydrogens (tertiary/aromatic N) is 1. The smallest absolute Gasteiger partial charge is 0.339 e. The van der Waals surface area contributed by atoms with Crippen molar-refractivity contribution < 1.29 is 9.90 Å². The van der Waals surface area contributed by atoms with Gasteiger partial charge in [-0.15, -0.1) is 0 Å². The van der Waals surface area contributed by atoms with Crippen LogP contribution < -0.4 is 5.32 Å². The van der Waals surface area contributed by atoms with Gasteiger partial charge in [-0.3, -0.25) is 0 Å². The molecule has 19 heavy (non-hydrogen) atoms. The van der Waals surface area contributed by atoms with Gasteiger partial charge in [0.1, 0.15) is 11.4 Å². The molecule has 4 heteroatoms. The number of carboxylic acid groups (broad SMARTS) is 1. The van der Waals surface area contributed by atoms with Gasteiger partial charge in [-0.1, -0.05) is 12.1 Å². The monoisotopic (exact) mass is 256 g/mol. The standard InChI is InChI=1S/C15H16N2O2/c1-9-5-4-6-12(7-9)17-14-13(15(18)19)10(2)8-11(3)16-14/h4-8H,1-3H3,(H,16,17)(H,18,19). The summed E-state index contributed by atoms with van der Waals surface area (Å²) in [6.45, 7) is 5.61. The highest BCUT2D eigenvalue weighted by Crippen LogP contribution is 2.23. The lowest BCUT2D eigenvalue weighted by Gasteiger charge is -2.12. The van der Waals surface area contributed by atoms with Gasteiger partial charge >= 0.3 is 5.97 Å². The number of aromatic carboxylic acids is 1. The van der Waals surface area contributed by atoms with Crippen LogP contribution in [0.3, 0.4) is 0 Å². The number of aromatic nitrogens is 1. The maximum atomic E-state index is 11.3. The lowest BCUT2D eigenvalue weighted by molar-refractivity contribution is 0.0697. The largest absolute Gasteiger partial charge is 0.478 e. The Kier molecular flexibility index (Phi) is 3.51. The predicted molar refractivity (Wildman–Crippen MR) is 75.1 cm³/mol. The molecule has 0 saturated heterocycles. The first kappa shape index (κ1) is 13.1. The number of benzene rings is 1. The van der Waals surface area contributed by atoms with Crippen LogP contribution in [0.1, 0.15) is 27.2 Å². The average Bonchev–Trinajstić information content (AvgIpc) is 2.26. The third-order valence-electron chi connectivity index (χ3n) is 2.84. The number of carboxylic acids is 1. The maximum absolute atomic E-state index is 11.3. The fourth-order valence-electron chi connectivity index (χ4n) is 2.06. The highest BCUT2D eigenvalue weighted by molar-refractivity contribution is 5.95. The number of nitrogens with one attached hydrogen (secondary N) is 1. The van der Waals surface area contributed by atoms with Crippen LogP contribution in [0, 0.1) is 20.8 Å². The minimum Gasteiger partial charge on any atom is -0.478 e. The molecule has 1 aromatic carbocycles. The molecule has 0 saturated carbocycles. The van der Waals surface area contributed by atoms with Crippen molar-refractivity contribution >= 4 is 17.5 Å². The van der Waals surface area contributed by atoms with Crippen molar-refractivity contribution in [2.45, 2.75) is 20.8 Å². The van der Waals surface area contributed by atoms with Crippen LogP contribution in [-0.4, -0.2) is 16.1 Å². The maximum Gasteiger partial charge on any atom is 0.339 e. The number of carbonyl (C=O) groups is 1. The number of rotatable bonds is 3. The lowest BCUT2D eigenvalue weighted by Crippen LogP contribution is -2.08. The summed E-state index contributed by atoms with van der Waals surface area (Å²) in [5, 5.41) is 12.4. The number of hydrogen-bond donors (Lipinski definition) is 2. The molecule has 0 aliphatic heterocycles. The van der Waals surface area contributed by atoms with Gasteiger partial charge < -0.3 is 10.4 Å². The summed E-state index contributed by atoms with van der Waals surface area (Å²) in [5.41, 5.74) is 3.64. The quantitative estimate of drug-likeness (QED) is 0.883. The van der Waals surface area contributed by atoms with Gasteiger partial charge in [-0.2, -0.15) is 0 Å². The second-order valence-electron chi connectivity index (χ2n) is 4.60. The summed E-state index contributed by atoms with van der Waals surface area (Å²) in [4.78, 5) is 15.6. The van der Waals surface area contributed by atoms with Crippen LogP contribution >= 0.6 is 0 Å². The summed E-state index contributed by atoms with van der Waals surface area (Å²) >= 11 is 0. The average molecular weight is 256 g/mol. The summed E-state index contributed by atoms with van der Waals surface area (Å²) < 4.78 is 0. The second-order valence-corrected chi connectivity index (χ2v) is 4.60. The van der Waals surface area contributed by atoms with Gasteiger partial charge in [0.05, 0.1) is 0 Å². The normalized spacial score (nSPS) is 10.3. The van der Waals surface area contributed by atoms with Crippen molar-refractivity contribution in [3.63, 3.8) is 0 Å². The topological polar surface area (TPSA) is 62.2 Å². The van der Waals surface area contributed by atoms with Crippen molar-refractivity contribution in [2.24, 2.45) is 0 Å². The first-order valence-electron chi connectivity index (χ1n) is 6.02. The lowest BCUT2D eigenvalue weighted by atomic mass is 10.1. The zero-order valence-corrected chi connectivity index (χ0v) is 11.2.